The van der Waals surface area contributed by atoms with Gasteiger partial charge in [0.1, 0.15) is 5.54 Å². The first-order chi connectivity index (χ1) is 7.81. The van der Waals surface area contributed by atoms with Gasteiger partial charge < -0.3 is 5.73 Å². The number of carbonyl (C=O) groups excluding carboxylic acids is 1. The number of hydrogen-bond acceptors (Lipinski definition) is 4. The molecule has 0 aromatic rings. The summed E-state index contributed by atoms with van der Waals surface area (Å²) in [4.78, 5) is 11.8. The van der Waals surface area contributed by atoms with Crippen molar-refractivity contribution in [2.75, 3.05) is 0 Å². The van der Waals surface area contributed by atoms with Crippen LogP contribution in [0.1, 0.15) is 32.6 Å². The Kier molecular flexibility index (Phi) is 2.63. The highest BCUT2D eigenvalue weighted by Gasteiger charge is 2.59. The Morgan fingerprint density at radius 3 is 2.53 bits per heavy atom. The largest absolute Gasteiger partial charge is 0.317 e. The van der Waals surface area contributed by atoms with Gasteiger partial charge in [0.2, 0.25) is 10.0 Å². The Labute approximate surface area is 101 Å². The maximum absolute atomic E-state index is 12.0. The first-order valence-electron chi connectivity index (χ1n) is 5.79. The molecular weight excluding hydrogens is 240 g/mol. The van der Waals surface area contributed by atoms with Crippen LogP contribution < -0.4 is 10.5 Å². The molecule has 5 nitrogen and oxygen atoms in total. The highest BCUT2D eigenvalue weighted by atomic mass is 32.2. The quantitative estimate of drug-likeness (QED) is 0.693. The van der Waals surface area contributed by atoms with Crippen molar-refractivity contribution in [2.45, 2.75) is 42.9 Å². The first kappa shape index (κ1) is 12.6. The zero-order chi connectivity index (χ0) is 12.9. The van der Waals surface area contributed by atoms with E-state index in [9.17, 15) is 13.2 Å². The normalized spacial score (nSPS) is 33.9. The summed E-state index contributed by atoms with van der Waals surface area (Å²) in [5.41, 5.74) is 4.74. The molecule has 2 saturated carbocycles. The van der Waals surface area contributed by atoms with E-state index in [1.807, 2.05) is 6.92 Å². The molecule has 0 aromatic heterocycles. The van der Waals surface area contributed by atoms with E-state index in [0.29, 0.717) is 25.7 Å². The summed E-state index contributed by atoms with van der Waals surface area (Å²) >= 11 is 0. The maximum atomic E-state index is 12.0. The van der Waals surface area contributed by atoms with Crippen molar-refractivity contribution in [3.8, 4) is 0 Å². The Morgan fingerprint density at radius 2 is 2.18 bits per heavy atom. The molecule has 0 radical (unpaired) electrons. The standard InChI is InChI=1S/C11H18N2O3S/c1-3-8-7-11(8,12)9(14)13-17(15,16)10(4-2)5-6-10/h3,8H,1,4-7,12H2,2H3,(H,13,14)/t8-,11-/m1/s1. The van der Waals surface area contributed by atoms with E-state index in [1.54, 1.807) is 6.08 Å². The smallest absolute Gasteiger partial charge is 0.254 e. The average Bonchev–Trinajstić information content (AvgIpc) is 3.11. The van der Waals surface area contributed by atoms with Crippen molar-refractivity contribution < 1.29 is 13.2 Å². The van der Waals surface area contributed by atoms with E-state index in [4.69, 9.17) is 5.73 Å². The van der Waals surface area contributed by atoms with Gasteiger partial charge in [0, 0.05) is 5.92 Å². The van der Waals surface area contributed by atoms with Crippen LogP contribution in [-0.2, 0) is 14.8 Å². The van der Waals surface area contributed by atoms with Crippen LogP contribution in [0, 0.1) is 5.92 Å². The van der Waals surface area contributed by atoms with Crippen LogP contribution in [0.15, 0.2) is 12.7 Å². The SMILES string of the molecule is C=C[C@@H]1C[C@]1(N)C(=O)NS(=O)(=O)C1(CC)CC1. The van der Waals surface area contributed by atoms with Crippen LogP contribution in [0.3, 0.4) is 0 Å². The summed E-state index contributed by atoms with van der Waals surface area (Å²) in [5.74, 6) is -0.711. The van der Waals surface area contributed by atoms with Gasteiger partial charge in [-0.05, 0) is 25.7 Å². The lowest BCUT2D eigenvalue weighted by molar-refractivity contribution is -0.121. The van der Waals surface area contributed by atoms with Gasteiger partial charge in [0.25, 0.3) is 5.91 Å². The van der Waals surface area contributed by atoms with E-state index in [1.165, 1.54) is 0 Å². The minimum Gasteiger partial charge on any atom is -0.317 e. The Morgan fingerprint density at radius 1 is 1.59 bits per heavy atom. The van der Waals surface area contributed by atoms with Gasteiger partial charge in [-0.15, -0.1) is 6.58 Å². The summed E-state index contributed by atoms with van der Waals surface area (Å²) < 4.78 is 25.4. The van der Waals surface area contributed by atoms with Gasteiger partial charge in [-0.1, -0.05) is 13.0 Å². The molecule has 96 valence electrons. The predicted molar refractivity (Wildman–Crippen MR) is 64.5 cm³/mol. The molecular formula is C11H18N2O3S. The van der Waals surface area contributed by atoms with Crippen molar-refractivity contribution in [1.29, 1.82) is 0 Å². The number of nitrogens with one attached hydrogen (secondary N) is 1. The molecule has 2 aliphatic rings. The van der Waals surface area contributed by atoms with Gasteiger partial charge in [-0.3, -0.25) is 9.52 Å². The molecule has 6 heteroatoms. The monoisotopic (exact) mass is 258 g/mol. The fraction of sp³-hybridized carbons (Fsp3) is 0.727. The number of nitrogens with two attached hydrogens (primary N) is 1. The highest BCUT2D eigenvalue weighted by molar-refractivity contribution is 7.91. The molecule has 0 heterocycles. The van der Waals surface area contributed by atoms with Gasteiger partial charge >= 0.3 is 0 Å². The lowest BCUT2D eigenvalue weighted by Crippen LogP contribution is -2.49. The molecule has 0 bridgehead atoms. The number of sulfonamides is 1. The number of carbonyl (C=O) groups is 1. The summed E-state index contributed by atoms with van der Waals surface area (Å²) in [6, 6.07) is 0. The molecule has 0 saturated heterocycles. The van der Waals surface area contributed by atoms with Crippen molar-refractivity contribution >= 4 is 15.9 Å². The molecule has 0 unspecified atom stereocenters. The lowest BCUT2D eigenvalue weighted by atomic mass is 10.2. The zero-order valence-electron chi connectivity index (χ0n) is 9.90. The van der Waals surface area contributed by atoms with Gasteiger partial charge in [0.05, 0.1) is 4.75 Å². The maximum Gasteiger partial charge on any atom is 0.254 e. The van der Waals surface area contributed by atoms with E-state index in [0.717, 1.165) is 0 Å². The summed E-state index contributed by atoms with van der Waals surface area (Å²) in [5, 5.41) is 0. The fourth-order valence-corrected chi connectivity index (χ4v) is 3.81. The third-order valence-corrected chi connectivity index (χ3v) is 6.31. The third-order valence-electron chi connectivity index (χ3n) is 4.02. The van der Waals surface area contributed by atoms with Crippen LogP contribution in [0.5, 0.6) is 0 Å². The van der Waals surface area contributed by atoms with E-state index >= 15 is 0 Å². The molecule has 0 aliphatic heterocycles. The second kappa shape index (κ2) is 3.55. The molecule has 2 fully saturated rings. The minimum atomic E-state index is -3.59. The van der Waals surface area contributed by atoms with Crippen molar-refractivity contribution in [3.63, 3.8) is 0 Å². The van der Waals surface area contributed by atoms with E-state index in [2.05, 4.69) is 11.3 Å². The molecule has 2 aliphatic carbocycles. The molecule has 3 N–H and O–H groups in total. The van der Waals surface area contributed by atoms with Gasteiger partial charge in [0.15, 0.2) is 0 Å². The molecule has 0 spiro atoms. The molecule has 0 aromatic carbocycles. The molecule has 2 rings (SSSR count). The molecule has 17 heavy (non-hydrogen) atoms. The highest BCUT2D eigenvalue weighted by Crippen LogP contribution is 2.47. The summed E-state index contributed by atoms with van der Waals surface area (Å²) in [7, 11) is -3.59. The van der Waals surface area contributed by atoms with Crippen molar-refractivity contribution in [1.82, 2.24) is 4.72 Å². The van der Waals surface area contributed by atoms with E-state index < -0.39 is 26.2 Å². The Hall–Kier alpha value is -0.880. The minimum absolute atomic E-state index is 0.116. The second-order valence-electron chi connectivity index (χ2n) is 5.06. The third kappa shape index (κ3) is 1.79. The van der Waals surface area contributed by atoms with Crippen LogP contribution in [-0.4, -0.2) is 24.6 Å². The van der Waals surface area contributed by atoms with Crippen molar-refractivity contribution in [2.24, 2.45) is 11.7 Å². The first-order valence-corrected chi connectivity index (χ1v) is 7.28. The number of hydrogen-bond donors (Lipinski definition) is 2. The van der Waals surface area contributed by atoms with Crippen LogP contribution in [0.4, 0.5) is 0 Å². The second-order valence-corrected chi connectivity index (χ2v) is 7.13. The van der Waals surface area contributed by atoms with E-state index in [-0.39, 0.29) is 5.92 Å². The summed E-state index contributed by atoms with van der Waals surface area (Å²) in [6.07, 6.45) is 3.83. The zero-order valence-corrected chi connectivity index (χ0v) is 10.7. The van der Waals surface area contributed by atoms with Gasteiger partial charge in [-0.2, -0.15) is 0 Å². The average molecular weight is 258 g/mol. The molecule has 2 atom stereocenters. The Bertz CT molecular complexity index is 467. The fourth-order valence-electron chi connectivity index (χ4n) is 2.14. The van der Waals surface area contributed by atoms with Crippen molar-refractivity contribution in [3.05, 3.63) is 12.7 Å². The molecule has 1 amide bonds. The lowest BCUT2D eigenvalue weighted by Gasteiger charge is -2.17. The van der Waals surface area contributed by atoms with Crippen LogP contribution in [0.25, 0.3) is 0 Å². The Balaban J connectivity index is 2.08. The topological polar surface area (TPSA) is 89.3 Å². The van der Waals surface area contributed by atoms with Crippen LogP contribution in [0.2, 0.25) is 0 Å². The number of rotatable bonds is 5. The van der Waals surface area contributed by atoms with Crippen LogP contribution >= 0.6 is 0 Å². The van der Waals surface area contributed by atoms with Gasteiger partial charge in [-0.25, -0.2) is 8.42 Å². The predicted octanol–water partition coefficient (Wildman–Crippen LogP) is 0.278. The number of amides is 1. The summed E-state index contributed by atoms with van der Waals surface area (Å²) in [6.45, 7) is 5.38.